The van der Waals surface area contributed by atoms with Crippen molar-refractivity contribution >= 4 is 5.91 Å². The Morgan fingerprint density at radius 2 is 2.18 bits per heavy atom. The van der Waals surface area contributed by atoms with Gasteiger partial charge in [0.2, 0.25) is 0 Å². The fourth-order valence-corrected chi connectivity index (χ4v) is 1.86. The van der Waals surface area contributed by atoms with Crippen LogP contribution in [-0.4, -0.2) is 39.6 Å². The summed E-state index contributed by atoms with van der Waals surface area (Å²) in [5.41, 5.74) is 1.87. The lowest BCUT2D eigenvalue weighted by Gasteiger charge is -2.16. The molecule has 0 aliphatic carbocycles. The molecule has 2 heterocycles. The second-order valence-electron chi connectivity index (χ2n) is 6.26. The van der Waals surface area contributed by atoms with Crippen LogP contribution in [-0.2, 0) is 16.8 Å². The molecule has 2 aromatic rings. The number of nitrogens with zero attached hydrogens (tertiary/aromatic N) is 3. The number of ether oxygens (including phenoxy) is 1. The number of pyridine rings is 1. The molecule has 0 atom stereocenters. The van der Waals surface area contributed by atoms with E-state index in [-0.39, 0.29) is 17.9 Å². The highest BCUT2D eigenvalue weighted by Crippen LogP contribution is 2.20. The first-order valence-electron chi connectivity index (χ1n) is 7.18. The molecule has 0 saturated carbocycles. The van der Waals surface area contributed by atoms with Crippen LogP contribution in [0.2, 0.25) is 0 Å². The molecule has 22 heavy (non-hydrogen) atoms. The molecule has 2 aromatic heterocycles. The quantitative estimate of drug-likeness (QED) is 0.918. The molecule has 0 fully saturated rings. The number of aromatic nitrogens is 3. The number of amides is 1. The standard InChI is InChI=1S/C16H22N4O2/c1-16(2,3)14-8-12(18-19-14)10-20(4)15(21)11-22-13-6-5-7-17-9-13/h5-9H,10-11H2,1-4H3,(H,18,19). The van der Waals surface area contributed by atoms with E-state index in [1.54, 1.807) is 36.5 Å². The summed E-state index contributed by atoms with van der Waals surface area (Å²) in [5.74, 6) is 0.483. The fraction of sp³-hybridized carbons (Fsp3) is 0.438. The van der Waals surface area contributed by atoms with Crippen LogP contribution in [0, 0.1) is 0 Å². The summed E-state index contributed by atoms with van der Waals surface area (Å²) in [6, 6.07) is 5.53. The Morgan fingerprint density at radius 1 is 1.41 bits per heavy atom. The zero-order chi connectivity index (χ0) is 16.2. The van der Waals surface area contributed by atoms with Crippen molar-refractivity contribution < 1.29 is 9.53 Å². The molecule has 0 bridgehead atoms. The summed E-state index contributed by atoms with van der Waals surface area (Å²) in [4.78, 5) is 17.6. The van der Waals surface area contributed by atoms with Gasteiger partial charge in [-0.25, -0.2) is 0 Å². The number of aromatic amines is 1. The fourth-order valence-electron chi connectivity index (χ4n) is 1.86. The Morgan fingerprint density at radius 3 is 2.77 bits per heavy atom. The lowest BCUT2D eigenvalue weighted by atomic mass is 9.92. The Hall–Kier alpha value is -2.37. The van der Waals surface area contributed by atoms with E-state index < -0.39 is 0 Å². The SMILES string of the molecule is CN(Cc1cc(C(C)(C)C)n[nH]1)C(=O)COc1cccnc1. The van der Waals surface area contributed by atoms with Crippen molar-refractivity contribution in [2.24, 2.45) is 0 Å². The van der Waals surface area contributed by atoms with Gasteiger partial charge in [0.25, 0.3) is 5.91 Å². The van der Waals surface area contributed by atoms with Gasteiger partial charge < -0.3 is 9.64 Å². The van der Waals surface area contributed by atoms with Gasteiger partial charge in [-0.2, -0.15) is 5.10 Å². The van der Waals surface area contributed by atoms with Gasteiger partial charge in [0, 0.05) is 18.7 Å². The van der Waals surface area contributed by atoms with Crippen molar-refractivity contribution in [2.45, 2.75) is 32.7 Å². The highest BCUT2D eigenvalue weighted by atomic mass is 16.5. The van der Waals surface area contributed by atoms with Crippen molar-refractivity contribution in [2.75, 3.05) is 13.7 Å². The first-order chi connectivity index (χ1) is 10.4. The molecule has 0 unspecified atom stereocenters. The van der Waals surface area contributed by atoms with Crippen molar-refractivity contribution in [1.29, 1.82) is 0 Å². The molecule has 6 heteroatoms. The monoisotopic (exact) mass is 302 g/mol. The minimum absolute atomic E-state index is 0.0114. The average Bonchev–Trinajstić information content (AvgIpc) is 2.94. The van der Waals surface area contributed by atoms with Gasteiger partial charge >= 0.3 is 0 Å². The van der Waals surface area contributed by atoms with E-state index >= 15 is 0 Å². The summed E-state index contributed by atoms with van der Waals surface area (Å²) in [5, 5.41) is 7.27. The van der Waals surface area contributed by atoms with Crippen LogP contribution < -0.4 is 4.74 Å². The molecular weight excluding hydrogens is 280 g/mol. The van der Waals surface area contributed by atoms with Crippen LogP contribution in [0.1, 0.15) is 32.2 Å². The number of carbonyl (C=O) groups is 1. The summed E-state index contributed by atoms with van der Waals surface area (Å²) in [7, 11) is 1.74. The first-order valence-corrected chi connectivity index (χ1v) is 7.18. The number of hydrogen-bond donors (Lipinski definition) is 1. The van der Waals surface area contributed by atoms with Gasteiger partial charge in [-0.15, -0.1) is 0 Å². The Labute approximate surface area is 130 Å². The number of carbonyl (C=O) groups excluding carboxylic acids is 1. The number of likely N-dealkylation sites (N-methyl/N-ethyl adjacent to an activating group) is 1. The summed E-state index contributed by atoms with van der Waals surface area (Å²) >= 11 is 0. The summed E-state index contributed by atoms with van der Waals surface area (Å²) in [6.45, 7) is 6.76. The molecule has 0 radical (unpaired) electrons. The highest BCUT2D eigenvalue weighted by molar-refractivity contribution is 5.77. The molecule has 1 amide bonds. The van der Waals surface area contributed by atoms with Gasteiger partial charge in [-0.3, -0.25) is 14.9 Å². The van der Waals surface area contributed by atoms with E-state index in [9.17, 15) is 4.79 Å². The minimum atomic E-state index is -0.101. The van der Waals surface area contributed by atoms with Gasteiger partial charge in [-0.1, -0.05) is 20.8 Å². The van der Waals surface area contributed by atoms with Gasteiger partial charge in [0.1, 0.15) is 5.75 Å². The molecule has 0 saturated heterocycles. The lowest BCUT2D eigenvalue weighted by molar-refractivity contribution is -0.132. The van der Waals surface area contributed by atoms with Gasteiger partial charge in [0.15, 0.2) is 6.61 Å². The van der Waals surface area contributed by atoms with Crippen LogP contribution in [0.25, 0.3) is 0 Å². The minimum Gasteiger partial charge on any atom is -0.482 e. The predicted octanol–water partition coefficient (Wildman–Crippen LogP) is 2.14. The Balaban J connectivity index is 1.87. The molecule has 0 aliphatic heterocycles. The zero-order valence-corrected chi connectivity index (χ0v) is 13.5. The first kappa shape index (κ1) is 16.0. The average molecular weight is 302 g/mol. The van der Waals surface area contributed by atoms with Gasteiger partial charge in [-0.05, 0) is 18.2 Å². The third-order valence-electron chi connectivity index (χ3n) is 3.23. The largest absolute Gasteiger partial charge is 0.482 e. The third kappa shape index (κ3) is 4.31. The molecule has 1 N–H and O–H groups in total. The smallest absolute Gasteiger partial charge is 0.260 e. The normalized spacial score (nSPS) is 11.3. The Kier molecular flexibility index (Phi) is 4.80. The highest BCUT2D eigenvalue weighted by Gasteiger charge is 2.18. The second kappa shape index (κ2) is 6.60. The van der Waals surface area contributed by atoms with E-state index in [2.05, 4.69) is 36.0 Å². The molecule has 0 aliphatic rings. The molecule has 6 nitrogen and oxygen atoms in total. The maximum atomic E-state index is 12.1. The molecule has 0 aromatic carbocycles. The van der Waals surface area contributed by atoms with E-state index in [1.165, 1.54) is 0 Å². The maximum absolute atomic E-state index is 12.1. The van der Waals surface area contributed by atoms with E-state index in [0.29, 0.717) is 12.3 Å². The molecule has 2 rings (SSSR count). The predicted molar refractivity (Wildman–Crippen MR) is 83.5 cm³/mol. The van der Waals surface area contributed by atoms with Crippen LogP contribution in [0.3, 0.4) is 0 Å². The van der Waals surface area contributed by atoms with Crippen LogP contribution in [0.15, 0.2) is 30.6 Å². The number of H-pyrrole nitrogens is 1. The van der Waals surface area contributed by atoms with Crippen molar-refractivity contribution in [1.82, 2.24) is 20.1 Å². The summed E-state index contributed by atoms with van der Waals surface area (Å²) in [6.07, 6.45) is 3.24. The molecular formula is C16H22N4O2. The van der Waals surface area contributed by atoms with E-state index in [1.807, 2.05) is 6.07 Å². The number of hydrogen-bond acceptors (Lipinski definition) is 4. The van der Waals surface area contributed by atoms with E-state index in [0.717, 1.165) is 11.4 Å². The Bertz CT molecular complexity index is 617. The molecule has 118 valence electrons. The lowest BCUT2D eigenvalue weighted by Crippen LogP contribution is -2.31. The van der Waals surface area contributed by atoms with Crippen molar-refractivity contribution in [3.63, 3.8) is 0 Å². The third-order valence-corrected chi connectivity index (χ3v) is 3.23. The van der Waals surface area contributed by atoms with E-state index in [4.69, 9.17) is 4.74 Å². The van der Waals surface area contributed by atoms with Crippen LogP contribution in [0.4, 0.5) is 0 Å². The molecule has 0 spiro atoms. The van der Waals surface area contributed by atoms with Crippen LogP contribution in [0.5, 0.6) is 5.75 Å². The van der Waals surface area contributed by atoms with Crippen LogP contribution >= 0.6 is 0 Å². The van der Waals surface area contributed by atoms with Crippen molar-refractivity contribution in [3.05, 3.63) is 42.0 Å². The van der Waals surface area contributed by atoms with Gasteiger partial charge in [0.05, 0.1) is 24.1 Å². The van der Waals surface area contributed by atoms with Crippen molar-refractivity contribution in [3.8, 4) is 5.75 Å². The maximum Gasteiger partial charge on any atom is 0.260 e. The zero-order valence-electron chi connectivity index (χ0n) is 13.5. The number of rotatable bonds is 5. The summed E-state index contributed by atoms with van der Waals surface area (Å²) < 4.78 is 5.41. The second-order valence-corrected chi connectivity index (χ2v) is 6.26. The number of nitrogens with one attached hydrogen (secondary N) is 1. The topological polar surface area (TPSA) is 71.1 Å².